The number of hydrogen-bond acceptors (Lipinski definition) is 8. The lowest BCUT2D eigenvalue weighted by Crippen LogP contribution is -2.63. The summed E-state index contributed by atoms with van der Waals surface area (Å²) < 4.78 is 6.25. The zero-order valence-electron chi connectivity index (χ0n) is 20.7. The van der Waals surface area contributed by atoms with Gasteiger partial charge >= 0.3 is 5.97 Å². The van der Waals surface area contributed by atoms with Crippen LogP contribution in [0, 0.1) is 34.0 Å². The summed E-state index contributed by atoms with van der Waals surface area (Å²) in [5.74, 6) is 0.766. The number of aliphatic hydroxyl groups is 1. The standard InChI is InChI=1S/C26H38N2O4S2/c1-6-24(4)11-19(32-20(30)14-33-12-17-13-34-23(27)28-17)25(5)15(2)7-9-26(16(3)22(24)31)10-8-18(29)21(25)26/h6,13,15-16,19,21-22,31H,1,7-12,14H2,2-5H3,(H2,27,28)/t15-,16+,19-,21+,22+,24-,25+,26+/m1/s1. The van der Waals surface area contributed by atoms with E-state index in [-0.39, 0.29) is 40.7 Å². The number of ether oxygens (including phenoxy) is 1. The van der Waals surface area contributed by atoms with Gasteiger partial charge in [0.15, 0.2) is 5.13 Å². The van der Waals surface area contributed by atoms with Crippen LogP contribution in [-0.2, 0) is 20.1 Å². The number of esters is 1. The van der Waals surface area contributed by atoms with Crippen LogP contribution in [-0.4, -0.2) is 39.8 Å². The number of carbonyl (C=O) groups is 2. The van der Waals surface area contributed by atoms with Gasteiger partial charge in [-0.3, -0.25) is 9.59 Å². The number of nitrogens with zero attached hydrogens (tertiary/aromatic N) is 1. The van der Waals surface area contributed by atoms with Gasteiger partial charge in [0.2, 0.25) is 0 Å². The van der Waals surface area contributed by atoms with E-state index in [2.05, 4.69) is 32.3 Å². The molecule has 0 radical (unpaired) electrons. The lowest BCUT2D eigenvalue weighted by Gasteiger charge is -2.61. The van der Waals surface area contributed by atoms with Crippen LogP contribution in [0.4, 0.5) is 5.13 Å². The predicted molar refractivity (Wildman–Crippen MR) is 137 cm³/mol. The van der Waals surface area contributed by atoms with Crippen molar-refractivity contribution >= 4 is 40.0 Å². The first-order chi connectivity index (χ1) is 16.0. The highest BCUT2D eigenvalue weighted by Gasteiger charge is 2.68. The molecule has 2 bridgehead atoms. The second-order valence-corrected chi connectivity index (χ2v) is 13.1. The van der Waals surface area contributed by atoms with Crippen molar-refractivity contribution in [2.45, 2.75) is 77.8 Å². The predicted octanol–water partition coefficient (Wildman–Crippen LogP) is 4.87. The van der Waals surface area contributed by atoms with Crippen molar-refractivity contribution in [2.24, 2.45) is 34.0 Å². The third kappa shape index (κ3) is 4.03. The van der Waals surface area contributed by atoms with Gasteiger partial charge in [-0.15, -0.1) is 29.7 Å². The average molecular weight is 507 g/mol. The lowest BCUT2D eigenvalue weighted by molar-refractivity contribution is -0.205. The molecule has 0 spiro atoms. The molecule has 1 heterocycles. The summed E-state index contributed by atoms with van der Waals surface area (Å²) in [6, 6.07) is 0. The number of Topliss-reactive ketones (excluding diaryl/α,β-unsaturated/α-hetero) is 1. The van der Waals surface area contributed by atoms with Crippen molar-refractivity contribution in [3.63, 3.8) is 0 Å². The van der Waals surface area contributed by atoms with Crippen molar-refractivity contribution in [3.8, 4) is 0 Å². The summed E-state index contributed by atoms with van der Waals surface area (Å²) in [5.41, 5.74) is 5.21. The number of thioether (sulfide) groups is 1. The minimum atomic E-state index is -0.651. The highest BCUT2D eigenvalue weighted by atomic mass is 32.2. The second-order valence-electron chi connectivity index (χ2n) is 11.2. The van der Waals surface area contributed by atoms with Gasteiger partial charge in [-0.25, -0.2) is 4.98 Å². The number of nitrogen functional groups attached to an aromatic ring is 1. The maximum atomic E-state index is 13.4. The van der Waals surface area contributed by atoms with Crippen LogP contribution in [0.15, 0.2) is 18.0 Å². The molecule has 188 valence electrons. The molecule has 4 rings (SSSR count). The van der Waals surface area contributed by atoms with Gasteiger partial charge < -0.3 is 15.6 Å². The van der Waals surface area contributed by atoms with Crippen molar-refractivity contribution in [1.82, 2.24) is 4.98 Å². The van der Waals surface area contributed by atoms with Crippen LogP contribution in [0.25, 0.3) is 0 Å². The molecule has 0 aromatic carbocycles. The summed E-state index contributed by atoms with van der Waals surface area (Å²) in [4.78, 5) is 30.7. The van der Waals surface area contributed by atoms with E-state index >= 15 is 0 Å². The molecule has 1 aromatic rings. The molecule has 0 aliphatic heterocycles. The molecular formula is C26H38N2O4S2. The Bertz CT molecular complexity index is 966. The maximum Gasteiger partial charge on any atom is 0.316 e. The van der Waals surface area contributed by atoms with E-state index in [0.717, 1.165) is 25.0 Å². The van der Waals surface area contributed by atoms with Crippen LogP contribution < -0.4 is 5.73 Å². The third-order valence-corrected chi connectivity index (χ3v) is 11.3. The molecule has 3 N–H and O–H groups in total. The number of rotatable bonds is 6. The summed E-state index contributed by atoms with van der Waals surface area (Å²) in [6.45, 7) is 12.5. The van der Waals surface area contributed by atoms with E-state index in [9.17, 15) is 14.7 Å². The Balaban J connectivity index is 1.63. The normalized spacial score (nSPS) is 41.9. The fourth-order valence-electron chi connectivity index (χ4n) is 7.32. The van der Waals surface area contributed by atoms with E-state index in [1.54, 1.807) is 0 Å². The van der Waals surface area contributed by atoms with E-state index in [4.69, 9.17) is 10.5 Å². The van der Waals surface area contributed by atoms with Crippen LogP contribution in [0.2, 0.25) is 0 Å². The van der Waals surface area contributed by atoms with Crippen LogP contribution in [0.5, 0.6) is 0 Å². The molecule has 6 nitrogen and oxygen atoms in total. The first kappa shape index (κ1) is 25.7. The van der Waals surface area contributed by atoms with Crippen LogP contribution in [0.1, 0.15) is 65.5 Å². The van der Waals surface area contributed by atoms with Crippen LogP contribution >= 0.6 is 23.1 Å². The molecule has 0 unspecified atom stereocenters. The van der Waals surface area contributed by atoms with Crippen molar-refractivity contribution in [1.29, 1.82) is 0 Å². The Hall–Kier alpha value is -1.38. The number of hydrogen-bond donors (Lipinski definition) is 2. The number of aromatic nitrogens is 1. The van der Waals surface area contributed by atoms with Crippen molar-refractivity contribution in [2.75, 3.05) is 11.5 Å². The Kier molecular flexibility index (Phi) is 6.99. The van der Waals surface area contributed by atoms with Gasteiger partial charge in [-0.1, -0.05) is 33.8 Å². The highest BCUT2D eigenvalue weighted by molar-refractivity contribution is 7.99. The van der Waals surface area contributed by atoms with Crippen molar-refractivity contribution < 1.29 is 19.4 Å². The van der Waals surface area contributed by atoms with Gasteiger partial charge in [0.1, 0.15) is 11.9 Å². The van der Waals surface area contributed by atoms with E-state index in [1.165, 1.54) is 23.1 Å². The Morgan fingerprint density at radius 1 is 1.41 bits per heavy atom. The van der Waals surface area contributed by atoms with Crippen LogP contribution in [0.3, 0.4) is 0 Å². The Morgan fingerprint density at radius 3 is 2.79 bits per heavy atom. The zero-order valence-corrected chi connectivity index (χ0v) is 22.3. The minimum absolute atomic E-state index is 0.0310. The molecule has 8 heteroatoms. The largest absolute Gasteiger partial charge is 0.461 e. The summed E-state index contributed by atoms with van der Waals surface area (Å²) in [7, 11) is 0. The summed E-state index contributed by atoms with van der Waals surface area (Å²) in [5, 5.41) is 14.0. The van der Waals surface area contributed by atoms with E-state index in [1.807, 2.05) is 18.4 Å². The summed E-state index contributed by atoms with van der Waals surface area (Å²) in [6.07, 6.45) is 4.41. The van der Waals surface area contributed by atoms with Crippen molar-refractivity contribution in [3.05, 3.63) is 23.7 Å². The first-order valence-corrected chi connectivity index (χ1v) is 14.3. The fourth-order valence-corrected chi connectivity index (χ4v) is 8.68. The van der Waals surface area contributed by atoms with Gasteiger partial charge in [0.25, 0.3) is 0 Å². The molecule has 3 fully saturated rings. The second kappa shape index (κ2) is 9.25. The van der Waals surface area contributed by atoms with Gasteiger partial charge in [0.05, 0.1) is 17.6 Å². The minimum Gasteiger partial charge on any atom is -0.461 e. The molecular weight excluding hydrogens is 468 g/mol. The third-order valence-electron chi connectivity index (χ3n) is 9.61. The van der Waals surface area contributed by atoms with Gasteiger partial charge in [-0.2, -0.15) is 0 Å². The average Bonchev–Trinajstić information content (AvgIpc) is 3.38. The SMILES string of the molecule is C=C[C@]1(C)C[C@@H](OC(=O)CSCc2csc(N)n2)[C@]2(C)[C@H](C)CC[C@]3(CCC(=O)[C@H]32)[C@@H](C)[C@@H]1O. The number of carbonyl (C=O) groups excluding carboxylic acids is 2. The van der Waals surface area contributed by atoms with Gasteiger partial charge in [-0.05, 0) is 42.9 Å². The van der Waals surface area contributed by atoms with E-state index < -0.39 is 23.0 Å². The Labute approximate surface area is 211 Å². The first-order valence-electron chi connectivity index (χ1n) is 12.3. The number of anilines is 1. The number of ketones is 1. The molecule has 3 aliphatic carbocycles. The molecule has 3 aliphatic rings. The lowest BCUT2D eigenvalue weighted by atomic mass is 9.44. The molecule has 0 saturated heterocycles. The molecule has 3 saturated carbocycles. The quantitative estimate of drug-likeness (QED) is 0.419. The van der Waals surface area contributed by atoms with Gasteiger partial charge in [0, 0.05) is 34.3 Å². The smallest absolute Gasteiger partial charge is 0.316 e. The highest BCUT2D eigenvalue weighted by Crippen LogP contribution is 2.68. The zero-order chi connectivity index (χ0) is 24.9. The molecule has 8 atom stereocenters. The number of nitrogens with two attached hydrogens (primary N) is 1. The fraction of sp³-hybridized carbons (Fsp3) is 0.731. The maximum absolute atomic E-state index is 13.4. The molecule has 1 aromatic heterocycles. The monoisotopic (exact) mass is 506 g/mol. The summed E-state index contributed by atoms with van der Waals surface area (Å²) >= 11 is 2.84. The Morgan fingerprint density at radius 2 is 2.15 bits per heavy atom. The molecule has 0 amide bonds. The molecule has 34 heavy (non-hydrogen) atoms. The topological polar surface area (TPSA) is 103 Å². The number of aliphatic hydroxyl groups excluding tert-OH is 1. The number of thiazole rings is 1. The van der Waals surface area contributed by atoms with E-state index in [0.29, 0.717) is 23.7 Å².